The maximum atomic E-state index is 13.1. The van der Waals surface area contributed by atoms with Crippen LogP contribution in [0.25, 0.3) is 0 Å². The van der Waals surface area contributed by atoms with Crippen LogP contribution in [-0.4, -0.2) is 18.2 Å². The molecular weight excluding hydrogens is 544 g/mol. The number of carbonyl (C=O) groups is 1. The van der Waals surface area contributed by atoms with Gasteiger partial charge in [0.2, 0.25) is 0 Å². The fourth-order valence-corrected chi connectivity index (χ4v) is 5.91. The van der Waals surface area contributed by atoms with Gasteiger partial charge in [0.1, 0.15) is 0 Å². The Balaban J connectivity index is 1.47. The predicted molar refractivity (Wildman–Crippen MR) is 138 cm³/mol. The number of halogens is 2. The third-order valence-electron chi connectivity index (χ3n) is 6.89. The highest BCUT2D eigenvalue weighted by Crippen LogP contribution is 2.56. The molecule has 2 saturated carbocycles. The second kappa shape index (κ2) is 10.3. The fourth-order valence-electron chi connectivity index (χ4n) is 4.82. The van der Waals surface area contributed by atoms with Crippen LogP contribution < -0.4 is 0 Å². The Hall–Kier alpha value is -1.61. The lowest BCUT2D eigenvalue weighted by Crippen LogP contribution is -2.21. The zero-order chi connectivity index (χ0) is 23.6. The van der Waals surface area contributed by atoms with E-state index >= 15 is 0 Å². The SMILES string of the molecule is C#CC(OC(=O)C1C(OC2CCCCC2)C1(C)C)c1cc(Br)cc(C(Br)c2ccccc2)c1. The van der Waals surface area contributed by atoms with Crippen molar-refractivity contribution in [3.63, 3.8) is 0 Å². The van der Waals surface area contributed by atoms with Crippen molar-refractivity contribution in [2.24, 2.45) is 11.3 Å². The minimum absolute atomic E-state index is 0.000264. The van der Waals surface area contributed by atoms with Crippen molar-refractivity contribution in [3.8, 4) is 12.3 Å². The van der Waals surface area contributed by atoms with E-state index < -0.39 is 6.10 Å². The molecule has 2 aliphatic carbocycles. The van der Waals surface area contributed by atoms with Gasteiger partial charge in [-0.1, -0.05) is 101 Å². The monoisotopic (exact) mass is 572 g/mol. The van der Waals surface area contributed by atoms with Gasteiger partial charge in [-0.05, 0) is 42.2 Å². The van der Waals surface area contributed by atoms with Crippen molar-refractivity contribution in [3.05, 3.63) is 69.7 Å². The fraction of sp³-hybridized carbons (Fsp3) is 0.464. The molecule has 2 aromatic carbocycles. The summed E-state index contributed by atoms with van der Waals surface area (Å²) in [7, 11) is 0. The molecule has 0 radical (unpaired) electrons. The number of alkyl halides is 1. The number of ether oxygens (including phenoxy) is 2. The summed E-state index contributed by atoms with van der Waals surface area (Å²) in [5.41, 5.74) is 2.72. The Morgan fingerprint density at radius 2 is 1.73 bits per heavy atom. The van der Waals surface area contributed by atoms with E-state index in [1.54, 1.807) is 0 Å². The van der Waals surface area contributed by atoms with Crippen LogP contribution in [0.2, 0.25) is 0 Å². The van der Waals surface area contributed by atoms with Crippen molar-refractivity contribution < 1.29 is 14.3 Å². The van der Waals surface area contributed by atoms with Crippen LogP contribution in [-0.2, 0) is 14.3 Å². The molecule has 5 heteroatoms. The van der Waals surface area contributed by atoms with E-state index in [0.717, 1.165) is 34.0 Å². The van der Waals surface area contributed by atoms with Crippen molar-refractivity contribution in [2.75, 3.05) is 0 Å². The molecule has 174 valence electrons. The Kier molecular flexibility index (Phi) is 7.68. The van der Waals surface area contributed by atoms with Crippen LogP contribution in [0.1, 0.15) is 73.6 Å². The Labute approximate surface area is 213 Å². The van der Waals surface area contributed by atoms with Gasteiger partial charge in [0.15, 0.2) is 6.10 Å². The van der Waals surface area contributed by atoms with Crippen molar-refractivity contribution in [1.29, 1.82) is 0 Å². The predicted octanol–water partition coefficient (Wildman–Crippen LogP) is 7.52. The average Bonchev–Trinajstić information content (AvgIpc) is 3.37. The zero-order valence-corrected chi connectivity index (χ0v) is 22.3. The van der Waals surface area contributed by atoms with Gasteiger partial charge in [-0.2, -0.15) is 0 Å². The molecule has 0 bridgehead atoms. The Morgan fingerprint density at radius 1 is 1.06 bits per heavy atom. The van der Waals surface area contributed by atoms with E-state index in [9.17, 15) is 4.79 Å². The summed E-state index contributed by atoms with van der Waals surface area (Å²) >= 11 is 7.38. The van der Waals surface area contributed by atoms with Gasteiger partial charge < -0.3 is 9.47 Å². The summed E-state index contributed by atoms with van der Waals surface area (Å²) in [5, 5.41) is 0. The van der Waals surface area contributed by atoms with E-state index in [1.165, 1.54) is 19.3 Å². The number of rotatable bonds is 7. The van der Waals surface area contributed by atoms with Crippen molar-refractivity contribution in [2.45, 2.75) is 69.1 Å². The molecule has 0 aromatic heterocycles. The molecule has 0 aliphatic heterocycles. The number of esters is 1. The second-order valence-corrected chi connectivity index (χ2v) is 11.5. The first-order chi connectivity index (χ1) is 15.8. The van der Waals surface area contributed by atoms with E-state index in [4.69, 9.17) is 15.9 Å². The lowest BCUT2D eigenvalue weighted by molar-refractivity contribution is -0.150. The topological polar surface area (TPSA) is 35.5 Å². The Bertz CT molecular complexity index is 1020. The number of terminal acetylenes is 1. The van der Waals surface area contributed by atoms with Gasteiger partial charge in [-0.15, -0.1) is 6.42 Å². The summed E-state index contributed by atoms with van der Waals surface area (Å²) in [6.45, 7) is 4.15. The molecule has 0 heterocycles. The van der Waals surface area contributed by atoms with E-state index in [0.29, 0.717) is 0 Å². The summed E-state index contributed by atoms with van der Waals surface area (Å²) in [6, 6.07) is 16.1. The largest absolute Gasteiger partial charge is 0.444 e. The van der Waals surface area contributed by atoms with Crippen molar-refractivity contribution >= 4 is 37.8 Å². The third kappa shape index (κ3) is 5.56. The maximum Gasteiger partial charge on any atom is 0.313 e. The molecule has 4 unspecified atom stereocenters. The van der Waals surface area contributed by atoms with Gasteiger partial charge >= 0.3 is 5.97 Å². The van der Waals surface area contributed by atoms with Crippen LogP contribution in [0.5, 0.6) is 0 Å². The van der Waals surface area contributed by atoms with E-state index in [-0.39, 0.29) is 34.3 Å². The number of benzene rings is 2. The number of hydrogen-bond donors (Lipinski definition) is 0. The van der Waals surface area contributed by atoms with Gasteiger partial charge in [0.25, 0.3) is 0 Å². The summed E-state index contributed by atoms with van der Waals surface area (Å²) in [5.74, 6) is 2.11. The number of carbonyl (C=O) groups excluding carboxylic acids is 1. The molecule has 0 saturated heterocycles. The zero-order valence-electron chi connectivity index (χ0n) is 19.1. The lowest BCUT2D eigenvalue weighted by atomic mass is 9.98. The normalized spacial score (nSPS) is 23.8. The molecule has 0 amide bonds. The van der Waals surface area contributed by atoms with Gasteiger partial charge in [-0.3, -0.25) is 4.79 Å². The highest BCUT2D eigenvalue weighted by Gasteiger charge is 2.65. The lowest BCUT2D eigenvalue weighted by Gasteiger charge is -2.22. The molecule has 3 nitrogen and oxygen atoms in total. The number of hydrogen-bond acceptors (Lipinski definition) is 3. The molecular formula is C28H30Br2O3. The minimum Gasteiger partial charge on any atom is -0.444 e. The first-order valence-electron chi connectivity index (χ1n) is 11.6. The minimum atomic E-state index is -0.754. The molecule has 4 rings (SSSR count). The highest BCUT2D eigenvalue weighted by atomic mass is 79.9. The van der Waals surface area contributed by atoms with Crippen LogP contribution in [0.4, 0.5) is 0 Å². The maximum absolute atomic E-state index is 13.1. The molecule has 4 atom stereocenters. The molecule has 2 aliphatic rings. The van der Waals surface area contributed by atoms with Crippen LogP contribution in [0.3, 0.4) is 0 Å². The first kappa shape index (κ1) is 24.5. The summed E-state index contributed by atoms with van der Waals surface area (Å²) < 4.78 is 13.1. The van der Waals surface area contributed by atoms with Crippen LogP contribution in [0, 0.1) is 23.7 Å². The van der Waals surface area contributed by atoms with Gasteiger partial charge in [-0.25, -0.2) is 0 Å². The second-order valence-electron chi connectivity index (χ2n) is 9.69. The third-order valence-corrected chi connectivity index (χ3v) is 8.40. The Morgan fingerprint density at radius 3 is 2.39 bits per heavy atom. The molecule has 0 spiro atoms. The smallest absolute Gasteiger partial charge is 0.313 e. The van der Waals surface area contributed by atoms with Gasteiger partial charge in [0, 0.05) is 15.5 Å². The summed E-state index contributed by atoms with van der Waals surface area (Å²) in [4.78, 5) is 13.1. The van der Waals surface area contributed by atoms with Crippen molar-refractivity contribution in [1.82, 2.24) is 0 Å². The standard InChI is InChI=1S/C28H30Br2O3/c1-4-23(19-15-20(17-21(29)16-19)25(30)18-11-7-5-8-12-18)33-27(31)24-26(28(24,2)3)32-22-13-9-6-10-14-22/h1,5,7-8,11-12,15-17,22-26H,6,9-10,13-14H2,2-3H3. The average molecular weight is 574 g/mol. The van der Waals surface area contributed by atoms with E-state index in [2.05, 4.69) is 63.8 Å². The highest BCUT2D eigenvalue weighted by molar-refractivity contribution is 9.10. The quantitative estimate of drug-likeness (QED) is 0.195. The van der Waals surface area contributed by atoms with E-state index in [1.807, 2.05) is 36.4 Å². The molecule has 2 fully saturated rings. The summed E-state index contributed by atoms with van der Waals surface area (Å²) in [6.07, 6.45) is 11.1. The van der Waals surface area contributed by atoms with Gasteiger partial charge in [0.05, 0.1) is 23.0 Å². The molecule has 0 N–H and O–H groups in total. The molecule has 2 aromatic rings. The molecule has 33 heavy (non-hydrogen) atoms. The first-order valence-corrected chi connectivity index (χ1v) is 13.3. The van der Waals surface area contributed by atoms with Crippen LogP contribution >= 0.6 is 31.9 Å². The van der Waals surface area contributed by atoms with Crippen LogP contribution in [0.15, 0.2) is 53.0 Å².